The summed E-state index contributed by atoms with van der Waals surface area (Å²) in [6.07, 6.45) is 0. The SMILES string of the molecule is Cc1cccc(C(=O)N[C@@H](c2nnc(SCc3ccc(Cl)cc3Cl)n2C)C(C)C)c1. The summed E-state index contributed by atoms with van der Waals surface area (Å²) in [5.74, 6) is 1.38. The highest BCUT2D eigenvalue weighted by atomic mass is 35.5. The second kappa shape index (κ2) is 9.86. The number of nitrogens with zero attached hydrogens (tertiary/aromatic N) is 3. The molecule has 1 amide bonds. The standard InChI is InChI=1S/C22H24Cl2N4OS/c1-13(2)19(25-21(29)15-7-5-6-14(3)10-15)20-26-27-22(28(20)4)30-12-16-8-9-17(23)11-18(16)24/h5-11,13,19H,12H2,1-4H3,(H,25,29)/t19-/m1/s1. The first-order valence-electron chi connectivity index (χ1n) is 9.59. The molecule has 0 bridgehead atoms. The maximum absolute atomic E-state index is 12.8. The van der Waals surface area contributed by atoms with Crippen LogP contribution in [0.3, 0.4) is 0 Å². The van der Waals surface area contributed by atoms with Gasteiger partial charge in [-0.2, -0.15) is 0 Å². The summed E-state index contributed by atoms with van der Waals surface area (Å²) in [5, 5.41) is 13.8. The molecular formula is C22H24Cl2N4OS. The van der Waals surface area contributed by atoms with Gasteiger partial charge in [0.05, 0.1) is 6.04 Å². The molecule has 0 aliphatic rings. The van der Waals surface area contributed by atoms with Crippen LogP contribution in [0, 0.1) is 12.8 Å². The molecule has 1 heterocycles. The van der Waals surface area contributed by atoms with Crippen LogP contribution in [0.5, 0.6) is 0 Å². The van der Waals surface area contributed by atoms with E-state index in [0.29, 0.717) is 21.4 Å². The summed E-state index contributed by atoms with van der Waals surface area (Å²) in [4.78, 5) is 12.8. The van der Waals surface area contributed by atoms with Gasteiger partial charge in [0.25, 0.3) is 5.91 Å². The van der Waals surface area contributed by atoms with Crippen molar-refractivity contribution in [3.8, 4) is 0 Å². The molecular weight excluding hydrogens is 439 g/mol. The van der Waals surface area contributed by atoms with Gasteiger partial charge in [-0.1, -0.05) is 72.6 Å². The number of halogens is 2. The highest BCUT2D eigenvalue weighted by Crippen LogP contribution is 2.29. The third kappa shape index (κ3) is 5.36. The van der Waals surface area contributed by atoms with Crippen LogP contribution < -0.4 is 5.32 Å². The number of carbonyl (C=O) groups excluding carboxylic acids is 1. The molecule has 0 aliphatic heterocycles. The Labute approximate surface area is 191 Å². The lowest BCUT2D eigenvalue weighted by atomic mass is 10.0. The number of rotatable bonds is 7. The summed E-state index contributed by atoms with van der Waals surface area (Å²) in [6.45, 7) is 6.07. The molecule has 1 atom stereocenters. The minimum Gasteiger partial charge on any atom is -0.342 e. The minimum atomic E-state index is -0.260. The first-order valence-corrected chi connectivity index (χ1v) is 11.3. The van der Waals surface area contributed by atoms with Gasteiger partial charge in [-0.15, -0.1) is 10.2 Å². The summed E-state index contributed by atoms with van der Waals surface area (Å²) in [5.41, 5.74) is 2.65. The van der Waals surface area contributed by atoms with E-state index in [2.05, 4.69) is 29.4 Å². The van der Waals surface area contributed by atoms with Crippen molar-refractivity contribution in [3.63, 3.8) is 0 Å². The van der Waals surface area contributed by atoms with Gasteiger partial charge in [0.15, 0.2) is 11.0 Å². The van der Waals surface area contributed by atoms with Crippen LogP contribution in [-0.2, 0) is 12.8 Å². The lowest BCUT2D eigenvalue weighted by Gasteiger charge is -2.22. The van der Waals surface area contributed by atoms with Crippen molar-refractivity contribution in [2.45, 2.75) is 37.7 Å². The molecule has 158 valence electrons. The van der Waals surface area contributed by atoms with Crippen LogP contribution in [0.1, 0.15) is 47.2 Å². The molecule has 3 aromatic rings. The molecule has 30 heavy (non-hydrogen) atoms. The fraction of sp³-hybridized carbons (Fsp3) is 0.318. The number of carbonyl (C=O) groups is 1. The minimum absolute atomic E-state index is 0.123. The Kier molecular flexibility index (Phi) is 7.45. The maximum Gasteiger partial charge on any atom is 0.251 e. The first kappa shape index (κ1) is 22.7. The molecule has 1 N–H and O–H groups in total. The number of amides is 1. The zero-order valence-corrected chi connectivity index (χ0v) is 19.6. The molecule has 0 fully saturated rings. The Morgan fingerprint density at radius 2 is 1.93 bits per heavy atom. The average Bonchev–Trinajstić information content (AvgIpc) is 3.05. The molecule has 1 aromatic heterocycles. The smallest absolute Gasteiger partial charge is 0.251 e. The van der Waals surface area contributed by atoms with Crippen molar-refractivity contribution in [1.29, 1.82) is 0 Å². The molecule has 0 saturated carbocycles. The maximum atomic E-state index is 12.8. The lowest BCUT2D eigenvalue weighted by Crippen LogP contribution is -2.33. The van der Waals surface area contributed by atoms with E-state index in [4.69, 9.17) is 23.2 Å². The Balaban J connectivity index is 1.76. The molecule has 3 rings (SSSR count). The number of aromatic nitrogens is 3. The molecule has 8 heteroatoms. The van der Waals surface area contributed by atoms with Crippen molar-refractivity contribution in [2.24, 2.45) is 13.0 Å². The molecule has 0 saturated heterocycles. The Morgan fingerprint density at radius 1 is 1.17 bits per heavy atom. The predicted octanol–water partition coefficient (Wildman–Crippen LogP) is 5.85. The summed E-state index contributed by atoms with van der Waals surface area (Å²) >= 11 is 13.8. The number of nitrogens with one attached hydrogen (secondary N) is 1. The fourth-order valence-corrected chi connectivity index (χ4v) is 4.52. The van der Waals surface area contributed by atoms with E-state index >= 15 is 0 Å². The summed E-state index contributed by atoms with van der Waals surface area (Å²) in [7, 11) is 1.91. The van der Waals surface area contributed by atoms with E-state index in [1.54, 1.807) is 6.07 Å². The molecule has 2 aromatic carbocycles. The molecule has 5 nitrogen and oxygen atoms in total. The van der Waals surface area contributed by atoms with E-state index in [9.17, 15) is 4.79 Å². The van der Waals surface area contributed by atoms with E-state index in [1.165, 1.54) is 11.8 Å². The van der Waals surface area contributed by atoms with Gasteiger partial charge in [-0.05, 0) is 42.7 Å². The zero-order chi connectivity index (χ0) is 21.8. The van der Waals surface area contributed by atoms with Crippen LogP contribution in [0.25, 0.3) is 0 Å². The van der Waals surface area contributed by atoms with Gasteiger partial charge in [-0.3, -0.25) is 4.79 Å². The van der Waals surface area contributed by atoms with Crippen LogP contribution in [0.4, 0.5) is 0 Å². The van der Waals surface area contributed by atoms with Gasteiger partial charge in [-0.25, -0.2) is 0 Å². The van der Waals surface area contributed by atoms with Crippen molar-refractivity contribution in [2.75, 3.05) is 0 Å². The second-order valence-corrected chi connectivity index (χ2v) is 9.27. The third-order valence-electron chi connectivity index (χ3n) is 4.75. The van der Waals surface area contributed by atoms with Gasteiger partial charge in [0.1, 0.15) is 0 Å². The van der Waals surface area contributed by atoms with Crippen LogP contribution >= 0.6 is 35.0 Å². The van der Waals surface area contributed by atoms with Gasteiger partial charge < -0.3 is 9.88 Å². The molecule has 0 spiro atoms. The molecule has 0 radical (unpaired) electrons. The monoisotopic (exact) mass is 462 g/mol. The van der Waals surface area contributed by atoms with E-state index in [1.807, 2.05) is 54.9 Å². The van der Waals surface area contributed by atoms with Gasteiger partial charge in [0.2, 0.25) is 0 Å². The van der Waals surface area contributed by atoms with E-state index in [-0.39, 0.29) is 17.9 Å². The number of hydrogen-bond donors (Lipinski definition) is 1. The van der Waals surface area contributed by atoms with Crippen LogP contribution in [0.15, 0.2) is 47.6 Å². The first-order chi connectivity index (χ1) is 14.3. The van der Waals surface area contributed by atoms with Crippen LogP contribution in [-0.4, -0.2) is 20.7 Å². The zero-order valence-electron chi connectivity index (χ0n) is 17.3. The van der Waals surface area contributed by atoms with E-state index < -0.39 is 0 Å². The summed E-state index contributed by atoms with van der Waals surface area (Å²) in [6, 6.07) is 12.7. The lowest BCUT2D eigenvalue weighted by molar-refractivity contribution is 0.0922. The molecule has 0 aliphatic carbocycles. The van der Waals surface area contributed by atoms with Crippen LogP contribution in [0.2, 0.25) is 10.0 Å². The number of hydrogen-bond acceptors (Lipinski definition) is 4. The highest BCUT2D eigenvalue weighted by Gasteiger charge is 2.25. The van der Waals surface area contributed by atoms with E-state index in [0.717, 1.165) is 22.1 Å². The highest BCUT2D eigenvalue weighted by molar-refractivity contribution is 7.98. The summed E-state index contributed by atoms with van der Waals surface area (Å²) < 4.78 is 1.93. The van der Waals surface area contributed by atoms with Crippen molar-refractivity contribution in [3.05, 3.63) is 75.0 Å². The van der Waals surface area contributed by atoms with Crippen molar-refractivity contribution >= 4 is 40.9 Å². The fourth-order valence-electron chi connectivity index (χ4n) is 3.04. The Morgan fingerprint density at radius 3 is 2.60 bits per heavy atom. The Bertz CT molecular complexity index is 1050. The van der Waals surface area contributed by atoms with Crippen molar-refractivity contribution < 1.29 is 4.79 Å². The predicted molar refractivity (Wildman–Crippen MR) is 123 cm³/mol. The Hall–Kier alpha value is -2.02. The number of aryl methyl sites for hydroxylation is 1. The quantitative estimate of drug-likeness (QED) is 0.447. The number of thioether (sulfide) groups is 1. The topological polar surface area (TPSA) is 59.8 Å². The molecule has 0 unspecified atom stereocenters. The average molecular weight is 463 g/mol. The van der Waals surface area contributed by atoms with Crippen molar-refractivity contribution in [1.82, 2.24) is 20.1 Å². The second-order valence-electron chi connectivity index (χ2n) is 7.49. The third-order valence-corrected chi connectivity index (χ3v) is 6.41. The largest absolute Gasteiger partial charge is 0.342 e. The number of benzene rings is 2. The van der Waals surface area contributed by atoms with Gasteiger partial charge in [0, 0.05) is 28.4 Å². The normalized spacial score (nSPS) is 12.2. The van der Waals surface area contributed by atoms with Gasteiger partial charge >= 0.3 is 0 Å².